The van der Waals surface area contributed by atoms with Crippen molar-refractivity contribution in [2.45, 2.75) is 20.3 Å². The van der Waals surface area contributed by atoms with Crippen molar-refractivity contribution in [3.8, 4) is 0 Å². The Hall–Kier alpha value is -1.69. The molecule has 0 aliphatic rings. The van der Waals surface area contributed by atoms with Gasteiger partial charge in [-0.25, -0.2) is 9.97 Å². The van der Waals surface area contributed by atoms with E-state index in [-0.39, 0.29) is 5.91 Å². The lowest BCUT2D eigenvalue weighted by molar-refractivity contribution is 0.0943. The number of nitrogens with two attached hydrogens (primary N) is 1. The van der Waals surface area contributed by atoms with Crippen molar-refractivity contribution in [3.05, 3.63) is 18.1 Å². The molecular formula is C12H21N5O. The lowest BCUT2D eigenvalue weighted by Crippen LogP contribution is -2.35. The van der Waals surface area contributed by atoms with E-state index in [4.69, 9.17) is 5.73 Å². The number of rotatable bonds is 7. The summed E-state index contributed by atoms with van der Waals surface area (Å²) in [6.45, 7) is 7.75. The number of likely N-dealkylation sites (N-methyl/N-ethyl adjacent to an activating group) is 1. The van der Waals surface area contributed by atoms with Crippen LogP contribution in [0.3, 0.4) is 0 Å². The van der Waals surface area contributed by atoms with Crippen LogP contribution in [0.5, 0.6) is 0 Å². The van der Waals surface area contributed by atoms with Gasteiger partial charge in [0, 0.05) is 13.1 Å². The van der Waals surface area contributed by atoms with Gasteiger partial charge in [0.05, 0.1) is 12.4 Å². The maximum absolute atomic E-state index is 11.7. The Morgan fingerprint density at radius 1 is 1.33 bits per heavy atom. The second-order valence-electron chi connectivity index (χ2n) is 4.02. The maximum atomic E-state index is 11.7. The fourth-order valence-electron chi connectivity index (χ4n) is 1.62. The van der Waals surface area contributed by atoms with Gasteiger partial charge in [-0.05, 0) is 19.5 Å². The fourth-order valence-corrected chi connectivity index (χ4v) is 1.62. The molecule has 0 atom stereocenters. The number of amides is 1. The number of aromatic nitrogens is 2. The molecule has 1 aromatic rings. The zero-order chi connectivity index (χ0) is 13.4. The quantitative estimate of drug-likeness (QED) is 0.738. The van der Waals surface area contributed by atoms with E-state index in [2.05, 4.69) is 34.0 Å². The van der Waals surface area contributed by atoms with Gasteiger partial charge in [-0.2, -0.15) is 0 Å². The van der Waals surface area contributed by atoms with Crippen LogP contribution in [0.25, 0.3) is 0 Å². The molecule has 0 spiro atoms. The summed E-state index contributed by atoms with van der Waals surface area (Å²) in [7, 11) is 0. The Balaban J connectivity index is 2.35. The van der Waals surface area contributed by atoms with E-state index >= 15 is 0 Å². The van der Waals surface area contributed by atoms with Gasteiger partial charge in [-0.1, -0.05) is 13.8 Å². The third-order valence-corrected chi connectivity index (χ3v) is 2.61. The van der Waals surface area contributed by atoms with Crippen LogP contribution in [0.1, 0.15) is 30.8 Å². The first kappa shape index (κ1) is 14.4. The van der Waals surface area contributed by atoms with Crippen molar-refractivity contribution in [3.63, 3.8) is 0 Å². The molecule has 0 saturated heterocycles. The number of nitrogens with one attached hydrogen (secondary N) is 1. The molecule has 0 fully saturated rings. The molecule has 6 heteroatoms. The first-order valence-corrected chi connectivity index (χ1v) is 6.25. The van der Waals surface area contributed by atoms with Crippen molar-refractivity contribution in [2.24, 2.45) is 0 Å². The normalized spacial score (nSPS) is 10.6. The molecule has 1 heterocycles. The lowest BCUT2D eigenvalue weighted by Gasteiger charge is -2.19. The average molecular weight is 251 g/mol. The molecule has 1 amide bonds. The van der Waals surface area contributed by atoms with Crippen LogP contribution in [0.2, 0.25) is 0 Å². The van der Waals surface area contributed by atoms with Crippen LogP contribution in [-0.4, -0.2) is 47.0 Å². The molecule has 1 rings (SSSR count). The summed E-state index contributed by atoms with van der Waals surface area (Å²) < 4.78 is 0. The third kappa shape index (κ3) is 4.67. The van der Waals surface area contributed by atoms with Crippen LogP contribution in [0, 0.1) is 0 Å². The van der Waals surface area contributed by atoms with Crippen LogP contribution < -0.4 is 11.1 Å². The van der Waals surface area contributed by atoms with Crippen molar-refractivity contribution in [1.29, 1.82) is 0 Å². The molecule has 0 unspecified atom stereocenters. The molecular weight excluding hydrogens is 230 g/mol. The Labute approximate surface area is 108 Å². The summed E-state index contributed by atoms with van der Waals surface area (Å²) in [6.07, 6.45) is 3.88. The van der Waals surface area contributed by atoms with E-state index in [1.807, 2.05) is 0 Å². The van der Waals surface area contributed by atoms with Gasteiger partial charge in [0.2, 0.25) is 0 Å². The molecule has 0 aromatic carbocycles. The van der Waals surface area contributed by atoms with E-state index in [1.165, 1.54) is 12.4 Å². The predicted molar refractivity (Wildman–Crippen MR) is 71.2 cm³/mol. The Kier molecular flexibility index (Phi) is 6.07. The summed E-state index contributed by atoms with van der Waals surface area (Å²) >= 11 is 0. The van der Waals surface area contributed by atoms with E-state index in [1.54, 1.807) is 0 Å². The summed E-state index contributed by atoms with van der Waals surface area (Å²) in [5.74, 6) is 0.0988. The minimum Gasteiger partial charge on any atom is -0.382 e. The minimum absolute atomic E-state index is 0.213. The van der Waals surface area contributed by atoms with Crippen molar-refractivity contribution >= 4 is 11.7 Å². The van der Waals surface area contributed by atoms with Crippen LogP contribution in [0.15, 0.2) is 12.4 Å². The number of nitrogens with zero attached hydrogens (tertiary/aromatic N) is 3. The van der Waals surface area contributed by atoms with E-state index in [0.717, 1.165) is 26.1 Å². The molecule has 0 aliphatic heterocycles. The molecule has 0 radical (unpaired) electrons. The molecule has 18 heavy (non-hydrogen) atoms. The number of carbonyl (C=O) groups is 1. The van der Waals surface area contributed by atoms with Gasteiger partial charge in [-0.3, -0.25) is 4.79 Å². The van der Waals surface area contributed by atoms with E-state index < -0.39 is 0 Å². The number of hydrogen-bond donors (Lipinski definition) is 2. The zero-order valence-electron chi connectivity index (χ0n) is 11.0. The molecule has 3 N–H and O–H groups in total. The first-order valence-electron chi connectivity index (χ1n) is 6.25. The number of carbonyl (C=O) groups excluding carboxylic acids is 1. The second kappa shape index (κ2) is 7.60. The minimum atomic E-state index is -0.213. The SMILES string of the molecule is CCCN(CC)CCNC(=O)c1cnc(N)cn1. The van der Waals surface area contributed by atoms with Gasteiger partial charge in [-0.15, -0.1) is 0 Å². The summed E-state index contributed by atoms with van der Waals surface area (Å²) in [5.41, 5.74) is 5.70. The van der Waals surface area contributed by atoms with Crippen molar-refractivity contribution in [2.75, 3.05) is 31.9 Å². The fraction of sp³-hybridized carbons (Fsp3) is 0.583. The Bertz CT molecular complexity index is 365. The van der Waals surface area contributed by atoms with Gasteiger partial charge < -0.3 is 16.0 Å². The van der Waals surface area contributed by atoms with Gasteiger partial charge in [0.1, 0.15) is 11.5 Å². The predicted octanol–water partition coefficient (Wildman–Crippen LogP) is 0.521. The van der Waals surface area contributed by atoms with Crippen molar-refractivity contribution < 1.29 is 4.79 Å². The van der Waals surface area contributed by atoms with Crippen LogP contribution in [-0.2, 0) is 0 Å². The standard InChI is InChI=1S/C12H21N5O/c1-3-6-17(4-2)7-5-14-12(18)10-8-16-11(13)9-15-10/h8-9H,3-7H2,1-2H3,(H2,13,16)(H,14,18). The van der Waals surface area contributed by atoms with Crippen LogP contribution in [0.4, 0.5) is 5.82 Å². The Morgan fingerprint density at radius 3 is 2.67 bits per heavy atom. The highest BCUT2D eigenvalue weighted by Gasteiger charge is 2.07. The molecule has 100 valence electrons. The Morgan fingerprint density at radius 2 is 2.11 bits per heavy atom. The third-order valence-electron chi connectivity index (χ3n) is 2.61. The zero-order valence-corrected chi connectivity index (χ0v) is 11.0. The van der Waals surface area contributed by atoms with E-state index in [0.29, 0.717) is 18.1 Å². The molecule has 0 saturated carbocycles. The first-order chi connectivity index (χ1) is 8.67. The summed E-state index contributed by atoms with van der Waals surface area (Å²) in [4.78, 5) is 21.7. The lowest BCUT2D eigenvalue weighted by atomic mass is 10.3. The van der Waals surface area contributed by atoms with Crippen LogP contribution >= 0.6 is 0 Å². The second-order valence-corrected chi connectivity index (χ2v) is 4.02. The highest BCUT2D eigenvalue weighted by atomic mass is 16.1. The topological polar surface area (TPSA) is 84.1 Å². The van der Waals surface area contributed by atoms with Gasteiger partial charge >= 0.3 is 0 Å². The van der Waals surface area contributed by atoms with Gasteiger partial charge in [0.15, 0.2) is 0 Å². The smallest absolute Gasteiger partial charge is 0.271 e. The summed E-state index contributed by atoms with van der Waals surface area (Å²) in [5, 5.41) is 2.82. The molecule has 0 aliphatic carbocycles. The van der Waals surface area contributed by atoms with Crippen molar-refractivity contribution in [1.82, 2.24) is 20.2 Å². The summed E-state index contributed by atoms with van der Waals surface area (Å²) in [6, 6.07) is 0. The van der Waals surface area contributed by atoms with Gasteiger partial charge in [0.25, 0.3) is 5.91 Å². The monoisotopic (exact) mass is 251 g/mol. The average Bonchev–Trinajstić information content (AvgIpc) is 2.38. The highest BCUT2D eigenvalue weighted by molar-refractivity contribution is 5.91. The van der Waals surface area contributed by atoms with E-state index in [9.17, 15) is 4.79 Å². The number of anilines is 1. The molecule has 6 nitrogen and oxygen atoms in total. The number of hydrogen-bond acceptors (Lipinski definition) is 5. The largest absolute Gasteiger partial charge is 0.382 e. The maximum Gasteiger partial charge on any atom is 0.271 e. The molecule has 0 bridgehead atoms. The highest BCUT2D eigenvalue weighted by Crippen LogP contribution is 1.96. The number of nitrogen functional groups attached to an aromatic ring is 1. The molecule has 1 aromatic heterocycles.